The van der Waals surface area contributed by atoms with Gasteiger partial charge in [-0.15, -0.1) is 0 Å². The number of piperidine rings is 1. The van der Waals surface area contributed by atoms with Crippen LogP contribution in [-0.4, -0.2) is 23.9 Å². The van der Waals surface area contributed by atoms with E-state index in [1.54, 1.807) is 12.1 Å². The lowest BCUT2D eigenvalue weighted by atomic mass is 9.68. The lowest BCUT2D eigenvalue weighted by Crippen LogP contribution is -2.57. The first kappa shape index (κ1) is 18.0. The molecule has 3 rings (SSSR count). The van der Waals surface area contributed by atoms with Crippen molar-refractivity contribution < 1.29 is 9.59 Å². The van der Waals surface area contributed by atoms with Crippen LogP contribution >= 0.6 is 11.6 Å². The van der Waals surface area contributed by atoms with Crippen molar-refractivity contribution in [1.29, 1.82) is 0 Å². The van der Waals surface area contributed by atoms with Gasteiger partial charge in [-0.1, -0.05) is 43.6 Å². The molecule has 0 spiro atoms. The van der Waals surface area contributed by atoms with Crippen LogP contribution in [0, 0.1) is 17.8 Å². The van der Waals surface area contributed by atoms with E-state index in [0.29, 0.717) is 16.9 Å². The Morgan fingerprint density at radius 1 is 1.28 bits per heavy atom. The molecule has 1 aliphatic carbocycles. The second-order valence-electron chi connectivity index (χ2n) is 7.30. The molecule has 0 bridgehead atoms. The fourth-order valence-electron chi connectivity index (χ4n) is 4.07. The zero-order valence-electron chi connectivity index (χ0n) is 14.7. The van der Waals surface area contributed by atoms with E-state index in [1.165, 1.54) is 6.08 Å². The highest BCUT2D eigenvalue weighted by Crippen LogP contribution is 2.37. The molecular weight excluding hydrogens is 336 g/mol. The molecule has 5 heteroatoms. The number of benzene rings is 1. The van der Waals surface area contributed by atoms with Crippen molar-refractivity contribution in [2.75, 3.05) is 0 Å². The molecule has 1 aromatic carbocycles. The highest BCUT2D eigenvalue weighted by Gasteiger charge is 2.42. The minimum Gasteiger partial charge on any atom is -0.353 e. The number of carbonyl (C=O) groups is 2. The van der Waals surface area contributed by atoms with Gasteiger partial charge in [-0.05, 0) is 48.8 Å². The first-order chi connectivity index (χ1) is 12.0. The summed E-state index contributed by atoms with van der Waals surface area (Å²) in [6, 6.07) is 7.69. The zero-order valence-corrected chi connectivity index (χ0v) is 15.4. The maximum absolute atomic E-state index is 12.2. The maximum Gasteiger partial charge on any atom is 0.244 e. The second kappa shape index (κ2) is 7.61. The fourth-order valence-corrected chi connectivity index (χ4v) is 4.27. The molecule has 2 amide bonds. The molecule has 2 N–H and O–H groups in total. The molecule has 1 aliphatic heterocycles. The van der Waals surface area contributed by atoms with Crippen LogP contribution in [0.5, 0.6) is 0 Å². The molecule has 1 saturated heterocycles. The minimum atomic E-state index is -0.119. The van der Waals surface area contributed by atoms with Crippen LogP contribution in [0.2, 0.25) is 5.02 Å². The SMILES string of the molecule is CC1C(=O)NC2CC(NC(=O)/C=C/c3ccccc3Cl)CCC2C1C. The predicted octanol–water partition coefficient (Wildman–Crippen LogP) is 3.41. The average molecular weight is 361 g/mol. The number of fused-ring (bicyclic) bond motifs is 1. The number of amides is 2. The molecule has 2 aliphatic rings. The number of hydrogen-bond donors (Lipinski definition) is 2. The van der Waals surface area contributed by atoms with Gasteiger partial charge in [0.05, 0.1) is 0 Å². The van der Waals surface area contributed by atoms with Gasteiger partial charge in [-0.25, -0.2) is 0 Å². The molecular formula is C20H25ClN2O2. The smallest absolute Gasteiger partial charge is 0.244 e. The molecule has 1 aromatic rings. The van der Waals surface area contributed by atoms with Crippen molar-refractivity contribution in [2.24, 2.45) is 17.8 Å². The monoisotopic (exact) mass is 360 g/mol. The molecule has 2 fully saturated rings. The lowest BCUT2D eigenvalue weighted by Gasteiger charge is -2.45. The molecule has 1 heterocycles. The summed E-state index contributed by atoms with van der Waals surface area (Å²) in [5.74, 6) is 1.01. The molecule has 5 unspecified atom stereocenters. The Morgan fingerprint density at radius 3 is 2.80 bits per heavy atom. The molecule has 0 radical (unpaired) electrons. The Balaban J connectivity index is 1.57. The Kier molecular flexibility index (Phi) is 5.48. The average Bonchev–Trinajstić information content (AvgIpc) is 2.59. The van der Waals surface area contributed by atoms with Gasteiger partial charge in [0.25, 0.3) is 0 Å². The molecule has 5 atom stereocenters. The predicted molar refractivity (Wildman–Crippen MR) is 100 cm³/mol. The third-order valence-corrected chi connectivity index (χ3v) is 6.12. The van der Waals surface area contributed by atoms with E-state index >= 15 is 0 Å². The topological polar surface area (TPSA) is 58.2 Å². The Morgan fingerprint density at radius 2 is 2.04 bits per heavy atom. The first-order valence-corrected chi connectivity index (χ1v) is 9.37. The first-order valence-electron chi connectivity index (χ1n) is 8.99. The Labute approximate surface area is 154 Å². The van der Waals surface area contributed by atoms with Crippen molar-refractivity contribution in [3.05, 3.63) is 40.9 Å². The summed E-state index contributed by atoms with van der Waals surface area (Å²) in [4.78, 5) is 24.3. The van der Waals surface area contributed by atoms with Gasteiger partial charge in [0.15, 0.2) is 0 Å². The lowest BCUT2D eigenvalue weighted by molar-refractivity contribution is -0.132. The molecule has 134 valence electrons. The van der Waals surface area contributed by atoms with Crippen LogP contribution in [0.15, 0.2) is 30.3 Å². The molecule has 25 heavy (non-hydrogen) atoms. The van der Waals surface area contributed by atoms with Gasteiger partial charge in [-0.2, -0.15) is 0 Å². The summed E-state index contributed by atoms with van der Waals surface area (Å²) in [6.07, 6.45) is 6.06. The Hall–Kier alpha value is -1.81. The number of hydrogen-bond acceptors (Lipinski definition) is 2. The zero-order chi connectivity index (χ0) is 18.0. The quantitative estimate of drug-likeness (QED) is 0.811. The number of nitrogens with one attached hydrogen (secondary N) is 2. The highest BCUT2D eigenvalue weighted by atomic mass is 35.5. The van der Waals surface area contributed by atoms with E-state index in [0.717, 1.165) is 24.8 Å². The summed E-state index contributed by atoms with van der Waals surface area (Å²) in [6.45, 7) is 4.18. The van der Waals surface area contributed by atoms with Crippen molar-refractivity contribution in [3.8, 4) is 0 Å². The number of carbonyl (C=O) groups excluding carboxylic acids is 2. The van der Waals surface area contributed by atoms with E-state index in [1.807, 2.05) is 25.1 Å². The summed E-state index contributed by atoms with van der Waals surface area (Å²) in [7, 11) is 0. The third kappa shape index (κ3) is 4.06. The number of halogens is 1. The van der Waals surface area contributed by atoms with Gasteiger partial charge in [0, 0.05) is 29.1 Å². The van der Waals surface area contributed by atoms with Crippen LogP contribution in [0.3, 0.4) is 0 Å². The number of rotatable bonds is 3. The van der Waals surface area contributed by atoms with Crippen molar-refractivity contribution in [1.82, 2.24) is 10.6 Å². The standard InChI is InChI=1S/C20H25ClN2O2/c1-12-13(2)20(25)23-18-11-15(8-9-16(12)18)22-19(24)10-7-14-5-3-4-6-17(14)21/h3-7,10,12-13,15-16,18H,8-9,11H2,1-2H3,(H,22,24)(H,23,25)/b10-7+. The van der Waals surface area contributed by atoms with E-state index in [-0.39, 0.29) is 29.8 Å². The van der Waals surface area contributed by atoms with Crippen LogP contribution in [-0.2, 0) is 9.59 Å². The van der Waals surface area contributed by atoms with Crippen molar-refractivity contribution in [2.45, 2.75) is 45.2 Å². The summed E-state index contributed by atoms with van der Waals surface area (Å²) in [5, 5.41) is 6.83. The molecule has 1 saturated carbocycles. The fraction of sp³-hybridized carbons (Fsp3) is 0.500. The second-order valence-corrected chi connectivity index (χ2v) is 7.71. The van der Waals surface area contributed by atoms with E-state index in [9.17, 15) is 9.59 Å². The van der Waals surface area contributed by atoms with Crippen LogP contribution in [0.25, 0.3) is 6.08 Å². The third-order valence-electron chi connectivity index (χ3n) is 5.77. The molecule has 0 aromatic heterocycles. The minimum absolute atomic E-state index is 0.0749. The van der Waals surface area contributed by atoms with Gasteiger partial charge < -0.3 is 10.6 Å². The highest BCUT2D eigenvalue weighted by molar-refractivity contribution is 6.32. The normalized spacial score (nSPS) is 32.1. The van der Waals surface area contributed by atoms with Crippen molar-refractivity contribution >= 4 is 29.5 Å². The largest absolute Gasteiger partial charge is 0.353 e. The van der Waals surface area contributed by atoms with Gasteiger partial charge in [0.2, 0.25) is 11.8 Å². The Bertz CT molecular complexity index is 688. The van der Waals surface area contributed by atoms with Crippen LogP contribution < -0.4 is 10.6 Å². The van der Waals surface area contributed by atoms with Gasteiger partial charge in [0.1, 0.15) is 0 Å². The van der Waals surface area contributed by atoms with E-state index in [2.05, 4.69) is 17.6 Å². The summed E-state index contributed by atoms with van der Waals surface area (Å²) in [5.41, 5.74) is 0.824. The van der Waals surface area contributed by atoms with Crippen molar-refractivity contribution in [3.63, 3.8) is 0 Å². The van der Waals surface area contributed by atoms with E-state index < -0.39 is 0 Å². The van der Waals surface area contributed by atoms with Gasteiger partial charge >= 0.3 is 0 Å². The van der Waals surface area contributed by atoms with Crippen LogP contribution in [0.1, 0.15) is 38.7 Å². The maximum atomic E-state index is 12.2. The molecule has 4 nitrogen and oxygen atoms in total. The summed E-state index contributed by atoms with van der Waals surface area (Å²) >= 11 is 6.09. The summed E-state index contributed by atoms with van der Waals surface area (Å²) < 4.78 is 0. The van der Waals surface area contributed by atoms with E-state index in [4.69, 9.17) is 11.6 Å². The van der Waals surface area contributed by atoms with Crippen LogP contribution in [0.4, 0.5) is 0 Å². The van der Waals surface area contributed by atoms with Gasteiger partial charge in [-0.3, -0.25) is 9.59 Å².